The molecule has 2 rings (SSSR count). The Morgan fingerprint density at radius 1 is 1.33 bits per heavy atom. The highest BCUT2D eigenvalue weighted by Gasteiger charge is 2.06. The zero-order chi connectivity index (χ0) is 17.2. The predicted octanol–water partition coefficient (Wildman–Crippen LogP) is 2.04. The van der Waals surface area contributed by atoms with Gasteiger partial charge in [0, 0.05) is 32.5 Å². The summed E-state index contributed by atoms with van der Waals surface area (Å²) in [4.78, 5) is 8.20. The minimum absolute atomic E-state index is 0.0695. The molecule has 0 saturated carbocycles. The van der Waals surface area contributed by atoms with Crippen molar-refractivity contribution < 1.29 is 9.13 Å². The first kappa shape index (κ1) is 17.8. The summed E-state index contributed by atoms with van der Waals surface area (Å²) in [5.74, 6) is 1.11. The molecule has 0 aliphatic heterocycles. The van der Waals surface area contributed by atoms with Gasteiger partial charge in [-0.3, -0.25) is 4.99 Å². The molecule has 2 aromatic rings. The third-order valence-electron chi connectivity index (χ3n) is 3.38. The van der Waals surface area contributed by atoms with Gasteiger partial charge < -0.3 is 19.9 Å². The number of aliphatic imine (C=N–C) groups is 1. The average molecular weight is 333 g/mol. The van der Waals surface area contributed by atoms with Crippen molar-refractivity contribution in [1.29, 1.82) is 0 Å². The lowest BCUT2D eigenvalue weighted by atomic mass is 10.3. The second-order valence-corrected chi connectivity index (χ2v) is 5.42. The largest absolute Gasteiger partial charge is 0.489 e. The van der Waals surface area contributed by atoms with Gasteiger partial charge in [-0.25, -0.2) is 9.37 Å². The van der Waals surface area contributed by atoms with E-state index in [1.807, 2.05) is 24.0 Å². The van der Waals surface area contributed by atoms with Crippen molar-refractivity contribution in [2.75, 3.05) is 20.1 Å². The molecule has 7 heteroatoms. The summed E-state index contributed by atoms with van der Waals surface area (Å²) in [6, 6.07) is 6.01. The van der Waals surface area contributed by atoms with Gasteiger partial charge in [-0.2, -0.15) is 0 Å². The molecule has 24 heavy (non-hydrogen) atoms. The number of halogens is 1. The van der Waals surface area contributed by atoms with Crippen LogP contribution in [-0.4, -0.2) is 41.8 Å². The monoisotopic (exact) mass is 333 g/mol. The SMILES string of the molecule is CN=C(NCCCn1ccnc1)NCC(C)Oc1ccc(F)cc1. The van der Waals surface area contributed by atoms with E-state index in [-0.39, 0.29) is 11.9 Å². The van der Waals surface area contributed by atoms with Crippen LogP contribution in [0.3, 0.4) is 0 Å². The van der Waals surface area contributed by atoms with Crippen LogP contribution in [-0.2, 0) is 6.54 Å². The van der Waals surface area contributed by atoms with E-state index in [2.05, 4.69) is 20.6 Å². The first-order valence-electron chi connectivity index (χ1n) is 8.00. The second kappa shape index (κ2) is 9.54. The van der Waals surface area contributed by atoms with Crippen molar-refractivity contribution in [3.63, 3.8) is 0 Å². The number of aromatic nitrogens is 2. The highest BCUT2D eigenvalue weighted by atomic mass is 19.1. The molecule has 130 valence electrons. The van der Waals surface area contributed by atoms with Crippen molar-refractivity contribution in [2.24, 2.45) is 4.99 Å². The number of hydrogen-bond donors (Lipinski definition) is 2. The molecule has 1 unspecified atom stereocenters. The van der Waals surface area contributed by atoms with Crippen LogP contribution in [0.15, 0.2) is 48.0 Å². The summed E-state index contributed by atoms with van der Waals surface area (Å²) < 4.78 is 20.6. The molecule has 1 aromatic carbocycles. The minimum Gasteiger partial charge on any atom is -0.489 e. The van der Waals surface area contributed by atoms with E-state index in [9.17, 15) is 4.39 Å². The summed E-state index contributed by atoms with van der Waals surface area (Å²) in [5, 5.41) is 6.47. The van der Waals surface area contributed by atoms with E-state index in [1.54, 1.807) is 25.4 Å². The Morgan fingerprint density at radius 3 is 2.79 bits per heavy atom. The molecular weight excluding hydrogens is 309 g/mol. The summed E-state index contributed by atoms with van der Waals surface area (Å²) >= 11 is 0. The molecule has 0 bridgehead atoms. The number of benzene rings is 1. The first-order chi connectivity index (χ1) is 11.7. The van der Waals surface area contributed by atoms with Crippen molar-refractivity contribution in [3.8, 4) is 5.75 Å². The van der Waals surface area contributed by atoms with Gasteiger partial charge in [0.2, 0.25) is 0 Å². The predicted molar refractivity (Wildman–Crippen MR) is 92.7 cm³/mol. The molecule has 0 fully saturated rings. The third kappa shape index (κ3) is 6.28. The number of rotatable bonds is 8. The fourth-order valence-electron chi connectivity index (χ4n) is 2.14. The van der Waals surface area contributed by atoms with Crippen molar-refractivity contribution in [3.05, 3.63) is 48.8 Å². The van der Waals surface area contributed by atoms with Gasteiger partial charge in [0.1, 0.15) is 17.7 Å². The summed E-state index contributed by atoms with van der Waals surface area (Å²) in [7, 11) is 1.73. The summed E-state index contributed by atoms with van der Waals surface area (Å²) in [6.07, 6.45) is 6.43. The Hall–Kier alpha value is -2.57. The molecule has 1 atom stereocenters. The standard InChI is InChI=1S/C17H24FN5O/c1-14(24-16-6-4-15(18)5-7-16)12-22-17(19-2)21-8-3-10-23-11-9-20-13-23/h4-7,9,11,13-14H,3,8,10,12H2,1-2H3,(H2,19,21,22). The average Bonchev–Trinajstić information content (AvgIpc) is 3.10. The lowest BCUT2D eigenvalue weighted by molar-refractivity contribution is 0.223. The van der Waals surface area contributed by atoms with E-state index in [4.69, 9.17) is 4.74 Å². The molecule has 6 nitrogen and oxygen atoms in total. The Balaban J connectivity index is 1.64. The molecule has 0 aliphatic carbocycles. The van der Waals surface area contributed by atoms with Crippen molar-refractivity contribution in [2.45, 2.75) is 26.0 Å². The van der Waals surface area contributed by atoms with Gasteiger partial charge in [0.25, 0.3) is 0 Å². The lowest BCUT2D eigenvalue weighted by Gasteiger charge is -2.17. The molecule has 0 amide bonds. The molecule has 0 spiro atoms. The Bertz CT molecular complexity index is 612. The molecule has 1 heterocycles. The maximum absolute atomic E-state index is 12.9. The first-order valence-corrected chi connectivity index (χ1v) is 8.00. The summed E-state index contributed by atoms with van der Waals surface area (Å²) in [6.45, 7) is 4.26. The number of nitrogens with zero attached hydrogens (tertiary/aromatic N) is 3. The van der Waals surface area contributed by atoms with E-state index >= 15 is 0 Å². The minimum atomic E-state index is -0.270. The van der Waals surface area contributed by atoms with Crippen LogP contribution in [0.5, 0.6) is 5.75 Å². The molecule has 2 N–H and O–H groups in total. The second-order valence-electron chi connectivity index (χ2n) is 5.42. The Labute approximate surface area is 141 Å². The van der Waals surface area contributed by atoms with Crippen LogP contribution in [0.2, 0.25) is 0 Å². The van der Waals surface area contributed by atoms with Gasteiger partial charge in [-0.15, -0.1) is 0 Å². The Morgan fingerprint density at radius 2 is 2.12 bits per heavy atom. The topological polar surface area (TPSA) is 63.5 Å². The van der Waals surface area contributed by atoms with Gasteiger partial charge in [0.05, 0.1) is 12.9 Å². The third-order valence-corrected chi connectivity index (χ3v) is 3.38. The molecule has 0 saturated heterocycles. The smallest absolute Gasteiger partial charge is 0.191 e. The van der Waals surface area contributed by atoms with Gasteiger partial charge >= 0.3 is 0 Å². The van der Waals surface area contributed by atoms with Crippen molar-refractivity contribution >= 4 is 5.96 Å². The maximum atomic E-state index is 12.9. The highest BCUT2D eigenvalue weighted by Crippen LogP contribution is 2.12. The number of hydrogen-bond acceptors (Lipinski definition) is 3. The van der Waals surface area contributed by atoms with Crippen LogP contribution >= 0.6 is 0 Å². The van der Waals surface area contributed by atoms with Crippen LogP contribution in [0, 0.1) is 5.82 Å². The zero-order valence-electron chi connectivity index (χ0n) is 14.1. The number of aryl methyl sites for hydroxylation is 1. The Kier molecular flexibility index (Phi) is 7.07. The quantitative estimate of drug-likeness (QED) is 0.441. The summed E-state index contributed by atoms with van der Waals surface area (Å²) in [5.41, 5.74) is 0. The van der Waals surface area contributed by atoms with Crippen LogP contribution < -0.4 is 15.4 Å². The number of guanidine groups is 1. The highest BCUT2D eigenvalue weighted by molar-refractivity contribution is 5.79. The van der Waals surface area contributed by atoms with Crippen LogP contribution in [0.1, 0.15) is 13.3 Å². The van der Waals surface area contributed by atoms with E-state index in [1.165, 1.54) is 12.1 Å². The lowest BCUT2D eigenvalue weighted by Crippen LogP contribution is -2.42. The van der Waals surface area contributed by atoms with E-state index in [0.717, 1.165) is 25.5 Å². The van der Waals surface area contributed by atoms with Crippen LogP contribution in [0.4, 0.5) is 4.39 Å². The number of nitrogens with one attached hydrogen (secondary N) is 2. The number of ether oxygens (including phenoxy) is 1. The number of imidazole rings is 1. The van der Waals surface area contributed by atoms with E-state index in [0.29, 0.717) is 12.3 Å². The van der Waals surface area contributed by atoms with Crippen molar-refractivity contribution in [1.82, 2.24) is 20.2 Å². The molecule has 1 aromatic heterocycles. The molecule has 0 aliphatic rings. The van der Waals surface area contributed by atoms with Gasteiger partial charge in [-0.1, -0.05) is 0 Å². The fourth-order valence-corrected chi connectivity index (χ4v) is 2.14. The zero-order valence-corrected chi connectivity index (χ0v) is 14.1. The van der Waals surface area contributed by atoms with E-state index < -0.39 is 0 Å². The fraction of sp³-hybridized carbons (Fsp3) is 0.412. The van der Waals surface area contributed by atoms with Gasteiger partial charge in [-0.05, 0) is 37.6 Å². The maximum Gasteiger partial charge on any atom is 0.191 e. The molecular formula is C17H24FN5O. The van der Waals surface area contributed by atoms with Gasteiger partial charge in [0.15, 0.2) is 5.96 Å². The molecule has 0 radical (unpaired) electrons. The normalized spacial score (nSPS) is 12.7. The van der Waals surface area contributed by atoms with Crippen LogP contribution in [0.25, 0.3) is 0 Å².